The van der Waals surface area contributed by atoms with Crippen LogP contribution in [-0.2, 0) is 11.3 Å². The number of carbonyl (C=O) groups is 2. The maximum atomic E-state index is 12.7. The average molecular weight is 339 g/mol. The molecule has 2 atom stereocenters. The molecule has 0 unspecified atom stereocenters. The van der Waals surface area contributed by atoms with E-state index in [4.69, 9.17) is 4.42 Å². The van der Waals surface area contributed by atoms with E-state index in [0.29, 0.717) is 25.1 Å². The summed E-state index contributed by atoms with van der Waals surface area (Å²) in [5.74, 6) is 0.145. The van der Waals surface area contributed by atoms with Gasteiger partial charge >= 0.3 is 0 Å². The lowest BCUT2D eigenvalue weighted by Gasteiger charge is -2.39. The van der Waals surface area contributed by atoms with Gasteiger partial charge in [0.1, 0.15) is 6.26 Å². The van der Waals surface area contributed by atoms with Crippen molar-refractivity contribution in [1.29, 1.82) is 0 Å². The van der Waals surface area contributed by atoms with Gasteiger partial charge in [0.15, 0.2) is 0 Å². The van der Waals surface area contributed by atoms with Crippen molar-refractivity contribution in [2.75, 3.05) is 6.54 Å². The highest BCUT2D eigenvalue weighted by Crippen LogP contribution is 2.33. The number of aromatic nitrogens is 1. The minimum absolute atomic E-state index is 0.00997. The molecule has 4 heterocycles. The Balaban J connectivity index is 1.54. The molecule has 25 heavy (non-hydrogen) atoms. The number of pyridine rings is 1. The number of hydrogen-bond donors (Lipinski definition) is 0. The molecule has 0 N–H and O–H groups in total. The number of nitrogens with zero attached hydrogens (tertiary/aromatic N) is 3. The number of aryl methyl sites for hydroxylation is 1. The van der Waals surface area contributed by atoms with Gasteiger partial charge in [0, 0.05) is 18.7 Å². The minimum atomic E-state index is -0.00997. The van der Waals surface area contributed by atoms with Crippen molar-refractivity contribution in [2.24, 2.45) is 0 Å². The van der Waals surface area contributed by atoms with Gasteiger partial charge in [0.05, 0.1) is 36.1 Å². The molecule has 2 amide bonds. The zero-order valence-corrected chi connectivity index (χ0v) is 14.2. The first kappa shape index (κ1) is 15.9. The SMILES string of the molecule is Cc1cccc(CN2C(=O)CC[C@@H]3[C@H]2CCN3C(=O)c2ccoc2)n1. The molecule has 130 valence electrons. The minimum Gasteiger partial charge on any atom is -0.472 e. The molecule has 2 aliphatic heterocycles. The monoisotopic (exact) mass is 339 g/mol. The number of rotatable bonds is 3. The Morgan fingerprint density at radius 1 is 1.28 bits per heavy atom. The molecule has 0 radical (unpaired) electrons. The molecule has 0 spiro atoms. The summed E-state index contributed by atoms with van der Waals surface area (Å²) in [5, 5.41) is 0. The smallest absolute Gasteiger partial charge is 0.257 e. The summed E-state index contributed by atoms with van der Waals surface area (Å²) in [7, 11) is 0. The Morgan fingerprint density at radius 3 is 2.92 bits per heavy atom. The van der Waals surface area contributed by atoms with Gasteiger partial charge in [-0.1, -0.05) is 6.07 Å². The first-order valence-corrected chi connectivity index (χ1v) is 8.68. The third kappa shape index (κ3) is 2.92. The van der Waals surface area contributed by atoms with Crippen LogP contribution >= 0.6 is 0 Å². The quantitative estimate of drug-likeness (QED) is 0.861. The van der Waals surface area contributed by atoms with Gasteiger partial charge in [0.25, 0.3) is 5.91 Å². The van der Waals surface area contributed by atoms with Crippen LogP contribution in [0.5, 0.6) is 0 Å². The van der Waals surface area contributed by atoms with Crippen molar-refractivity contribution in [1.82, 2.24) is 14.8 Å². The first-order valence-electron chi connectivity index (χ1n) is 8.68. The number of piperidine rings is 1. The first-order chi connectivity index (χ1) is 12.1. The van der Waals surface area contributed by atoms with Gasteiger partial charge in [-0.2, -0.15) is 0 Å². The predicted molar refractivity (Wildman–Crippen MR) is 90.7 cm³/mol. The number of furan rings is 1. The van der Waals surface area contributed by atoms with Crippen LogP contribution in [0.3, 0.4) is 0 Å². The Labute approximate surface area is 146 Å². The lowest BCUT2D eigenvalue weighted by Crippen LogP contribution is -2.52. The van der Waals surface area contributed by atoms with Crippen LogP contribution in [0.25, 0.3) is 0 Å². The Morgan fingerprint density at radius 2 is 2.16 bits per heavy atom. The summed E-state index contributed by atoms with van der Waals surface area (Å²) < 4.78 is 5.04. The molecule has 0 bridgehead atoms. The lowest BCUT2D eigenvalue weighted by molar-refractivity contribution is -0.138. The van der Waals surface area contributed by atoms with E-state index in [0.717, 1.165) is 24.2 Å². The van der Waals surface area contributed by atoms with Crippen LogP contribution in [0.4, 0.5) is 0 Å². The van der Waals surface area contributed by atoms with Gasteiger partial charge in [-0.15, -0.1) is 0 Å². The second kappa shape index (κ2) is 6.35. The summed E-state index contributed by atoms with van der Waals surface area (Å²) in [6, 6.07) is 7.70. The molecule has 4 rings (SSSR count). The summed E-state index contributed by atoms with van der Waals surface area (Å²) in [4.78, 5) is 33.6. The number of amides is 2. The zero-order valence-electron chi connectivity index (χ0n) is 14.2. The van der Waals surface area contributed by atoms with Crippen LogP contribution in [0.15, 0.2) is 41.2 Å². The van der Waals surface area contributed by atoms with Crippen LogP contribution in [0.2, 0.25) is 0 Å². The second-order valence-electron chi connectivity index (χ2n) is 6.76. The van der Waals surface area contributed by atoms with E-state index < -0.39 is 0 Å². The van der Waals surface area contributed by atoms with Gasteiger partial charge < -0.3 is 14.2 Å². The van der Waals surface area contributed by atoms with E-state index in [-0.39, 0.29) is 23.9 Å². The molecule has 2 aliphatic rings. The Kier molecular flexibility index (Phi) is 4.03. The Bertz CT molecular complexity index is 787. The van der Waals surface area contributed by atoms with Crippen molar-refractivity contribution in [3.05, 3.63) is 53.7 Å². The van der Waals surface area contributed by atoms with E-state index in [1.165, 1.54) is 12.5 Å². The fraction of sp³-hybridized carbons (Fsp3) is 0.421. The van der Waals surface area contributed by atoms with Crippen molar-refractivity contribution in [3.8, 4) is 0 Å². The van der Waals surface area contributed by atoms with E-state index in [2.05, 4.69) is 4.98 Å². The van der Waals surface area contributed by atoms with Crippen molar-refractivity contribution >= 4 is 11.8 Å². The summed E-state index contributed by atoms with van der Waals surface area (Å²) in [5.41, 5.74) is 2.42. The standard InChI is InChI=1S/C19H21N3O3/c1-13-3-2-4-15(20-13)11-22-17-7-9-21(16(17)5-6-18(22)23)19(24)14-8-10-25-12-14/h2-4,8,10,12,16-17H,5-7,9,11H2,1H3/t16-,17-/m1/s1. The molecule has 2 fully saturated rings. The van der Waals surface area contributed by atoms with E-state index >= 15 is 0 Å². The van der Waals surface area contributed by atoms with Gasteiger partial charge in [0.2, 0.25) is 5.91 Å². The van der Waals surface area contributed by atoms with Crippen molar-refractivity contribution in [2.45, 2.75) is 44.8 Å². The van der Waals surface area contributed by atoms with Crippen LogP contribution in [-0.4, -0.2) is 45.2 Å². The van der Waals surface area contributed by atoms with Crippen LogP contribution in [0, 0.1) is 6.92 Å². The molecule has 2 aromatic rings. The van der Waals surface area contributed by atoms with Gasteiger partial charge in [-0.25, -0.2) is 0 Å². The highest BCUT2D eigenvalue weighted by molar-refractivity contribution is 5.94. The fourth-order valence-electron chi connectivity index (χ4n) is 4.02. The molecule has 6 nitrogen and oxygen atoms in total. The molecule has 2 aromatic heterocycles. The highest BCUT2D eigenvalue weighted by atomic mass is 16.3. The number of carbonyl (C=O) groups excluding carboxylic acids is 2. The maximum absolute atomic E-state index is 12.7. The van der Waals surface area contributed by atoms with Crippen molar-refractivity contribution < 1.29 is 14.0 Å². The normalized spacial score (nSPS) is 23.0. The largest absolute Gasteiger partial charge is 0.472 e. The fourth-order valence-corrected chi connectivity index (χ4v) is 4.02. The number of hydrogen-bond acceptors (Lipinski definition) is 4. The lowest BCUT2D eigenvalue weighted by atomic mass is 9.95. The highest BCUT2D eigenvalue weighted by Gasteiger charge is 2.45. The average Bonchev–Trinajstić information content (AvgIpc) is 3.26. The molecule has 2 saturated heterocycles. The van der Waals surface area contributed by atoms with Gasteiger partial charge in [-0.05, 0) is 38.0 Å². The second-order valence-corrected chi connectivity index (χ2v) is 6.76. The third-order valence-corrected chi connectivity index (χ3v) is 5.19. The van der Waals surface area contributed by atoms with Gasteiger partial charge in [-0.3, -0.25) is 14.6 Å². The summed E-state index contributed by atoms with van der Waals surface area (Å²) in [6.45, 7) is 3.13. The summed E-state index contributed by atoms with van der Waals surface area (Å²) in [6.07, 6.45) is 5.01. The van der Waals surface area contributed by atoms with Crippen molar-refractivity contribution in [3.63, 3.8) is 0 Å². The van der Waals surface area contributed by atoms with Crippen LogP contribution in [0.1, 0.15) is 41.0 Å². The molecule has 0 aliphatic carbocycles. The summed E-state index contributed by atoms with van der Waals surface area (Å²) >= 11 is 0. The van der Waals surface area contributed by atoms with E-state index in [1.807, 2.05) is 34.9 Å². The molecule has 6 heteroatoms. The molecule has 0 aromatic carbocycles. The third-order valence-electron chi connectivity index (χ3n) is 5.19. The zero-order chi connectivity index (χ0) is 17.4. The topological polar surface area (TPSA) is 66.7 Å². The molecular formula is C19H21N3O3. The van der Waals surface area contributed by atoms with E-state index in [9.17, 15) is 9.59 Å². The maximum Gasteiger partial charge on any atom is 0.257 e. The number of likely N-dealkylation sites (tertiary alicyclic amines) is 2. The molecule has 0 saturated carbocycles. The van der Waals surface area contributed by atoms with Crippen LogP contribution < -0.4 is 0 Å². The predicted octanol–water partition coefficient (Wildman–Crippen LogP) is 2.39. The molecular weight excluding hydrogens is 318 g/mol. The number of fused-ring (bicyclic) bond motifs is 1. The Hall–Kier alpha value is -2.63. The van der Waals surface area contributed by atoms with E-state index in [1.54, 1.807) is 6.07 Å².